The number of nitrogens with zero attached hydrogens (tertiary/aromatic N) is 1. The van der Waals surface area contributed by atoms with Gasteiger partial charge in [0.15, 0.2) is 5.78 Å². The molecule has 4 aromatic rings. The van der Waals surface area contributed by atoms with E-state index in [1.807, 2.05) is 78.9 Å². The first-order valence-corrected chi connectivity index (χ1v) is 10.0. The summed E-state index contributed by atoms with van der Waals surface area (Å²) in [5.74, 6) is 0.194. The Labute approximate surface area is 175 Å². The molecule has 0 aliphatic carbocycles. The molecule has 2 heterocycles. The van der Waals surface area contributed by atoms with E-state index in [9.17, 15) is 4.79 Å². The average Bonchev–Trinajstić information content (AvgIpc) is 2.81. The maximum atomic E-state index is 13.4. The lowest BCUT2D eigenvalue weighted by Gasteiger charge is -2.31. The normalized spacial score (nSPS) is 18.1. The van der Waals surface area contributed by atoms with Crippen LogP contribution in [0.1, 0.15) is 15.9 Å². The van der Waals surface area contributed by atoms with Crippen LogP contribution in [0.3, 0.4) is 0 Å². The first-order valence-electron chi connectivity index (χ1n) is 10.0. The summed E-state index contributed by atoms with van der Waals surface area (Å²) in [6.07, 6.45) is -0.0364. The molecular weight excluding hydrogens is 374 g/mol. The highest BCUT2D eigenvalue weighted by Crippen LogP contribution is 2.35. The Kier molecular flexibility index (Phi) is 4.77. The Hall–Kier alpha value is -3.50. The molecule has 0 fully saturated rings. The van der Waals surface area contributed by atoms with Gasteiger partial charge in [0.2, 0.25) is 6.29 Å². The number of fused-ring (bicyclic) bond motifs is 2. The highest BCUT2D eigenvalue weighted by Gasteiger charge is 2.37. The van der Waals surface area contributed by atoms with E-state index in [0.29, 0.717) is 17.7 Å². The van der Waals surface area contributed by atoms with Crippen molar-refractivity contribution in [3.05, 3.63) is 96.1 Å². The minimum Gasteiger partial charge on any atom is -0.463 e. The van der Waals surface area contributed by atoms with E-state index in [0.717, 1.165) is 27.7 Å². The van der Waals surface area contributed by atoms with Crippen molar-refractivity contribution in [3.8, 4) is 17.0 Å². The second-order valence-corrected chi connectivity index (χ2v) is 7.48. The molecule has 0 spiro atoms. The van der Waals surface area contributed by atoms with Crippen molar-refractivity contribution in [1.82, 2.24) is 4.98 Å². The van der Waals surface area contributed by atoms with Crippen LogP contribution >= 0.6 is 0 Å². The number of pyridine rings is 1. The van der Waals surface area contributed by atoms with Gasteiger partial charge in [-0.1, -0.05) is 54.6 Å². The van der Waals surface area contributed by atoms with Gasteiger partial charge < -0.3 is 9.47 Å². The standard InChI is InChI=1S/C26H21NO3/c1-29-26-21(15-17-7-3-2-4-8-17)25(28)20-16-19(12-14-24(20)30-26)23-13-11-18-9-5-6-10-22(18)27-23/h2-14,16,21,26H,15H2,1H3. The molecule has 5 rings (SSSR count). The molecule has 0 N–H and O–H groups in total. The first kappa shape index (κ1) is 18.5. The second kappa shape index (κ2) is 7.73. The van der Waals surface area contributed by atoms with Crippen molar-refractivity contribution in [3.63, 3.8) is 0 Å². The smallest absolute Gasteiger partial charge is 0.210 e. The summed E-state index contributed by atoms with van der Waals surface area (Å²) in [6, 6.07) is 27.7. The third-order valence-corrected chi connectivity index (χ3v) is 5.58. The number of methoxy groups -OCH3 is 1. The zero-order chi connectivity index (χ0) is 20.5. The van der Waals surface area contributed by atoms with E-state index in [-0.39, 0.29) is 5.78 Å². The van der Waals surface area contributed by atoms with Crippen LogP contribution in [0.4, 0.5) is 0 Å². The molecule has 1 aliphatic rings. The molecule has 0 amide bonds. The van der Waals surface area contributed by atoms with Gasteiger partial charge in [-0.15, -0.1) is 0 Å². The molecule has 0 saturated heterocycles. The van der Waals surface area contributed by atoms with Crippen molar-refractivity contribution < 1.29 is 14.3 Å². The monoisotopic (exact) mass is 395 g/mol. The van der Waals surface area contributed by atoms with Gasteiger partial charge in [0, 0.05) is 18.1 Å². The predicted molar refractivity (Wildman–Crippen MR) is 117 cm³/mol. The second-order valence-electron chi connectivity index (χ2n) is 7.48. The SMILES string of the molecule is COC1Oc2ccc(-c3ccc4ccccc4n3)cc2C(=O)C1Cc1ccccc1. The number of ether oxygens (including phenoxy) is 2. The van der Waals surface area contributed by atoms with Crippen LogP contribution in [-0.4, -0.2) is 24.2 Å². The fraction of sp³-hybridized carbons (Fsp3) is 0.154. The number of para-hydroxylation sites is 1. The molecule has 2 atom stereocenters. The van der Waals surface area contributed by atoms with Gasteiger partial charge in [0.05, 0.1) is 22.7 Å². The molecular formula is C26H21NO3. The van der Waals surface area contributed by atoms with Crippen LogP contribution in [0.5, 0.6) is 5.75 Å². The molecule has 0 saturated carbocycles. The van der Waals surface area contributed by atoms with E-state index in [1.54, 1.807) is 7.11 Å². The average molecular weight is 395 g/mol. The van der Waals surface area contributed by atoms with Crippen LogP contribution in [0.15, 0.2) is 84.9 Å². The van der Waals surface area contributed by atoms with Crippen LogP contribution in [0, 0.1) is 5.92 Å². The first-order chi connectivity index (χ1) is 14.7. The maximum absolute atomic E-state index is 13.4. The van der Waals surface area contributed by atoms with Gasteiger partial charge in [-0.3, -0.25) is 4.79 Å². The van der Waals surface area contributed by atoms with Crippen LogP contribution < -0.4 is 4.74 Å². The molecule has 2 unspecified atom stereocenters. The molecule has 1 aromatic heterocycles. The molecule has 30 heavy (non-hydrogen) atoms. The minimum absolute atomic E-state index is 0.0367. The highest BCUT2D eigenvalue weighted by atomic mass is 16.7. The predicted octanol–water partition coefficient (Wildman–Crippen LogP) is 5.31. The summed E-state index contributed by atoms with van der Waals surface area (Å²) in [7, 11) is 1.58. The summed E-state index contributed by atoms with van der Waals surface area (Å²) in [6.45, 7) is 0. The number of benzene rings is 3. The van der Waals surface area contributed by atoms with Gasteiger partial charge >= 0.3 is 0 Å². The zero-order valence-corrected chi connectivity index (χ0v) is 16.6. The Bertz CT molecular complexity index is 1220. The fourth-order valence-electron chi connectivity index (χ4n) is 4.01. The van der Waals surface area contributed by atoms with Gasteiger partial charge in [-0.05, 0) is 42.3 Å². The van der Waals surface area contributed by atoms with Crippen LogP contribution in [0.25, 0.3) is 22.2 Å². The Morgan fingerprint density at radius 1 is 0.933 bits per heavy atom. The summed E-state index contributed by atoms with van der Waals surface area (Å²) in [4.78, 5) is 18.2. The van der Waals surface area contributed by atoms with E-state index in [2.05, 4.69) is 6.07 Å². The Morgan fingerprint density at radius 3 is 2.57 bits per heavy atom. The molecule has 1 aliphatic heterocycles. The number of hydrogen-bond acceptors (Lipinski definition) is 4. The van der Waals surface area contributed by atoms with E-state index in [1.165, 1.54) is 0 Å². The van der Waals surface area contributed by atoms with Crippen molar-refractivity contribution in [2.45, 2.75) is 12.7 Å². The van der Waals surface area contributed by atoms with Gasteiger partial charge in [-0.2, -0.15) is 0 Å². The quantitative estimate of drug-likeness (QED) is 0.470. The lowest BCUT2D eigenvalue weighted by atomic mass is 9.87. The van der Waals surface area contributed by atoms with Crippen molar-refractivity contribution >= 4 is 16.7 Å². The summed E-state index contributed by atoms with van der Waals surface area (Å²) >= 11 is 0. The molecule has 0 bridgehead atoms. The number of rotatable bonds is 4. The van der Waals surface area contributed by atoms with Crippen LogP contribution in [-0.2, 0) is 11.2 Å². The third kappa shape index (κ3) is 3.36. The van der Waals surface area contributed by atoms with E-state index in [4.69, 9.17) is 14.5 Å². The molecule has 148 valence electrons. The van der Waals surface area contributed by atoms with Gasteiger partial charge in [-0.25, -0.2) is 4.98 Å². The fourth-order valence-corrected chi connectivity index (χ4v) is 4.01. The Balaban J connectivity index is 1.52. The topological polar surface area (TPSA) is 48.4 Å². The summed E-state index contributed by atoms with van der Waals surface area (Å²) in [5.41, 5.74) is 4.31. The maximum Gasteiger partial charge on any atom is 0.210 e. The van der Waals surface area contributed by atoms with Crippen LogP contribution in [0.2, 0.25) is 0 Å². The zero-order valence-electron chi connectivity index (χ0n) is 16.6. The van der Waals surface area contributed by atoms with Gasteiger partial charge in [0.25, 0.3) is 0 Å². The molecule has 4 nitrogen and oxygen atoms in total. The largest absolute Gasteiger partial charge is 0.463 e. The van der Waals surface area contributed by atoms with E-state index < -0.39 is 12.2 Å². The number of aromatic nitrogens is 1. The lowest BCUT2D eigenvalue weighted by molar-refractivity contribution is -0.0881. The van der Waals surface area contributed by atoms with Gasteiger partial charge in [0.1, 0.15) is 5.75 Å². The Morgan fingerprint density at radius 2 is 1.73 bits per heavy atom. The van der Waals surface area contributed by atoms with Crippen molar-refractivity contribution in [1.29, 1.82) is 0 Å². The lowest BCUT2D eigenvalue weighted by Crippen LogP contribution is -2.40. The minimum atomic E-state index is -0.602. The summed E-state index contributed by atoms with van der Waals surface area (Å²) in [5, 5.41) is 1.09. The number of ketones is 1. The highest BCUT2D eigenvalue weighted by molar-refractivity contribution is 6.02. The van der Waals surface area contributed by atoms with Crippen molar-refractivity contribution in [2.75, 3.05) is 7.11 Å². The number of carbonyl (C=O) groups is 1. The van der Waals surface area contributed by atoms with E-state index >= 15 is 0 Å². The third-order valence-electron chi connectivity index (χ3n) is 5.58. The number of Topliss-reactive ketones (excluding diaryl/α,β-unsaturated/α-hetero) is 1. The summed E-state index contributed by atoms with van der Waals surface area (Å²) < 4.78 is 11.5. The molecule has 4 heteroatoms. The number of carbonyl (C=O) groups excluding carboxylic acids is 1. The molecule has 3 aromatic carbocycles. The molecule has 0 radical (unpaired) electrons. The number of hydrogen-bond donors (Lipinski definition) is 0. The van der Waals surface area contributed by atoms with Crippen molar-refractivity contribution in [2.24, 2.45) is 5.92 Å².